The van der Waals surface area contributed by atoms with Crippen LogP contribution in [0.1, 0.15) is 11.3 Å². The van der Waals surface area contributed by atoms with Gasteiger partial charge in [0, 0.05) is 23.8 Å². The molecule has 3 aromatic heterocycles. The third-order valence-electron chi connectivity index (χ3n) is 3.62. The lowest BCUT2D eigenvalue weighted by Gasteiger charge is -2.02. The van der Waals surface area contributed by atoms with E-state index in [9.17, 15) is 0 Å². The highest BCUT2D eigenvalue weighted by atomic mass is 32.1. The van der Waals surface area contributed by atoms with Gasteiger partial charge in [-0.25, -0.2) is 4.98 Å². The van der Waals surface area contributed by atoms with Crippen molar-refractivity contribution in [3.8, 4) is 11.3 Å². The molecule has 0 saturated heterocycles. The second-order valence-electron chi connectivity index (χ2n) is 5.19. The zero-order valence-electron chi connectivity index (χ0n) is 12.3. The largest absolute Gasteiger partial charge is 0.380 e. The summed E-state index contributed by atoms with van der Waals surface area (Å²) in [5, 5.41) is 5.34. The molecule has 0 saturated carbocycles. The third kappa shape index (κ3) is 2.01. The Kier molecular flexibility index (Phi) is 3.17. The molecular formula is C17H14N2O2S. The molecule has 3 heterocycles. The minimum absolute atomic E-state index is 0.541. The molecule has 110 valence electrons. The third-order valence-corrected chi connectivity index (χ3v) is 4.69. The molecule has 0 aliphatic rings. The molecule has 1 aromatic carbocycles. The molecular weight excluding hydrogens is 296 g/mol. The van der Waals surface area contributed by atoms with Crippen LogP contribution in [0.25, 0.3) is 31.8 Å². The average molecular weight is 310 g/mol. The first-order valence-corrected chi connectivity index (χ1v) is 7.82. The van der Waals surface area contributed by atoms with E-state index in [-0.39, 0.29) is 0 Å². The van der Waals surface area contributed by atoms with Gasteiger partial charge in [0.15, 0.2) is 5.76 Å². The summed E-state index contributed by atoms with van der Waals surface area (Å²) in [6, 6.07) is 12.1. The van der Waals surface area contributed by atoms with Crippen LogP contribution >= 0.6 is 11.3 Å². The first kappa shape index (κ1) is 13.4. The summed E-state index contributed by atoms with van der Waals surface area (Å²) >= 11 is 1.62. The molecule has 0 atom stereocenters. The molecule has 4 nitrogen and oxygen atoms in total. The van der Waals surface area contributed by atoms with Gasteiger partial charge < -0.3 is 9.26 Å². The summed E-state index contributed by atoms with van der Waals surface area (Å²) < 4.78 is 12.0. The molecule has 4 rings (SSSR count). The van der Waals surface area contributed by atoms with Crippen LogP contribution in [0.3, 0.4) is 0 Å². The van der Waals surface area contributed by atoms with E-state index in [0.717, 1.165) is 43.0 Å². The number of thiophene rings is 1. The van der Waals surface area contributed by atoms with Crippen molar-refractivity contribution in [2.45, 2.75) is 13.5 Å². The van der Waals surface area contributed by atoms with Crippen molar-refractivity contribution < 1.29 is 9.26 Å². The predicted octanol–water partition coefficient (Wildman–Crippen LogP) is 4.56. The maximum absolute atomic E-state index is 5.60. The first-order chi connectivity index (χ1) is 10.8. The molecule has 0 N–H and O–H groups in total. The van der Waals surface area contributed by atoms with Gasteiger partial charge >= 0.3 is 0 Å². The van der Waals surface area contributed by atoms with Crippen LogP contribution in [0.15, 0.2) is 40.9 Å². The van der Waals surface area contributed by atoms with Crippen molar-refractivity contribution in [2.24, 2.45) is 0 Å². The zero-order chi connectivity index (χ0) is 15.1. The molecule has 0 aliphatic carbocycles. The van der Waals surface area contributed by atoms with Gasteiger partial charge in [-0.05, 0) is 18.6 Å². The van der Waals surface area contributed by atoms with Crippen molar-refractivity contribution in [1.29, 1.82) is 0 Å². The van der Waals surface area contributed by atoms with Crippen LogP contribution in [0.5, 0.6) is 0 Å². The van der Waals surface area contributed by atoms with Gasteiger partial charge in [0.25, 0.3) is 0 Å². The van der Waals surface area contributed by atoms with Crippen molar-refractivity contribution in [3.05, 3.63) is 47.7 Å². The Bertz CT molecular complexity index is 957. The Labute approximate surface area is 131 Å². The lowest BCUT2D eigenvalue weighted by atomic mass is 10.1. The summed E-state index contributed by atoms with van der Waals surface area (Å²) in [6.07, 6.45) is 0. The molecule has 4 aromatic rings. The molecule has 0 unspecified atom stereocenters. The summed E-state index contributed by atoms with van der Waals surface area (Å²) in [5.41, 5.74) is 3.99. The van der Waals surface area contributed by atoms with Crippen LogP contribution in [0.2, 0.25) is 0 Å². The van der Waals surface area contributed by atoms with E-state index < -0.39 is 0 Å². The highest BCUT2D eigenvalue weighted by molar-refractivity contribution is 7.25. The minimum Gasteiger partial charge on any atom is -0.380 e. The Morgan fingerprint density at radius 2 is 2.05 bits per heavy atom. The van der Waals surface area contributed by atoms with Crippen molar-refractivity contribution in [3.63, 3.8) is 0 Å². The fourth-order valence-electron chi connectivity index (χ4n) is 2.71. The van der Waals surface area contributed by atoms with Crippen LogP contribution in [0, 0.1) is 6.92 Å². The second kappa shape index (κ2) is 5.19. The number of aryl methyl sites for hydroxylation is 1. The molecule has 0 amide bonds. The van der Waals surface area contributed by atoms with E-state index in [4.69, 9.17) is 9.26 Å². The quantitative estimate of drug-likeness (QED) is 0.556. The summed E-state index contributed by atoms with van der Waals surface area (Å²) in [7, 11) is 1.70. The van der Waals surface area contributed by atoms with E-state index in [1.54, 1.807) is 18.4 Å². The van der Waals surface area contributed by atoms with Crippen molar-refractivity contribution in [1.82, 2.24) is 10.1 Å². The average Bonchev–Trinajstić information content (AvgIpc) is 3.06. The lowest BCUT2D eigenvalue weighted by Crippen LogP contribution is -1.92. The number of nitrogens with zero attached hydrogens (tertiary/aromatic N) is 2. The summed E-state index contributed by atoms with van der Waals surface area (Å²) in [4.78, 5) is 5.63. The van der Waals surface area contributed by atoms with E-state index in [1.807, 2.05) is 37.3 Å². The highest BCUT2D eigenvalue weighted by Gasteiger charge is 2.19. The van der Waals surface area contributed by atoms with Gasteiger partial charge in [-0.1, -0.05) is 35.5 Å². The van der Waals surface area contributed by atoms with Gasteiger partial charge in [0.05, 0.1) is 6.61 Å². The van der Waals surface area contributed by atoms with Gasteiger partial charge in [0.2, 0.25) is 0 Å². The smallest absolute Gasteiger partial charge is 0.184 e. The van der Waals surface area contributed by atoms with Crippen LogP contribution < -0.4 is 0 Å². The van der Waals surface area contributed by atoms with Crippen molar-refractivity contribution in [2.75, 3.05) is 7.11 Å². The fourth-order valence-corrected chi connectivity index (χ4v) is 3.91. The lowest BCUT2D eigenvalue weighted by molar-refractivity contribution is 0.186. The van der Waals surface area contributed by atoms with Gasteiger partial charge in [-0.15, -0.1) is 11.3 Å². The van der Waals surface area contributed by atoms with E-state index in [2.05, 4.69) is 16.2 Å². The number of rotatable bonds is 3. The molecule has 0 aliphatic heterocycles. The maximum Gasteiger partial charge on any atom is 0.184 e. The topological polar surface area (TPSA) is 48.2 Å². The van der Waals surface area contributed by atoms with Crippen LogP contribution in [-0.4, -0.2) is 17.3 Å². The summed E-state index contributed by atoms with van der Waals surface area (Å²) in [5.74, 6) is 0.805. The molecule has 0 fully saturated rings. The monoisotopic (exact) mass is 310 g/mol. The van der Waals surface area contributed by atoms with Gasteiger partial charge in [0.1, 0.15) is 15.0 Å². The van der Waals surface area contributed by atoms with E-state index in [1.165, 1.54) is 0 Å². The number of hydrogen-bond donors (Lipinski definition) is 0. The van der Waals surface area contributed by atoms with Gasteiger partial charge in [-0.2, -0.15) is 0 Å². The molecule has 0 radical (unpaired) electrons. The van der Waals surface area contributed by atoms with E-state index >= 15 is 0 Å². The number of aromatic nitrogens is 2. The maximum atomic E-state index is 5.60. The molecule has 5 heteroatoms. The second-order valence-corrected chi connectivity index (χ2v) is 6.19. The molecule has 0 spiro atoms. The zero-order valence-corrected chi connectivity index (χ0v) is 13.1. The Morgan fingerprint density at radius 1 is 1.23 bits per heavy atom. The Morgan fingerprint density at radius 3 is 2.82 bits per heavy atom. The Hall–Kier alpha value is -2.24. The number of benzene rings is 1. The minimum atomic E-state index is 0.541. The highest BCUT2D eigenvalue weighted by Crippen LogP contribution is 2.40. The number of fused-ring (bicyclic) bond motifs is 3. The fraction of sp³-hybridized carbons (Fsp3) is 0.176. The number of ether oxygens (including phenoxy) is 1. The van der Waals surface area contributed by atoms with E-state index in [0.29, 0.717) is 6.61 Å². The molecule has 0 bridgehead atoms. The Balaban J connectivity index is 2.03. The normalized spacial score (nSPS) is 11.5. The summed E-state index contributed by atoms with van der Waals surface area (Å²) in [6.45, 7) is 2.54. The number of hydrogen-bond acceptors (Lipinski definition) is 5. The van der Waals surface area contributed by atoms with Gasteiger partial charge in [-0.3, -0.25) is 0 Å². The predicted molar refractivity (Wildman–Crippen MR) is 88.1 cm³/mol. The molecule has 22 heavy (non-hydrogen) atoms. The van der Waals surface area contributed by atoms with Crippen LogP contribution in [0.4, 0.5) is 0 Å². The SMILES string of the molecule is COCc1cc(C)nc2sc3c(-c4ccccc4)onc3c12. The standard InChI is InChI=1S/C17H14N2O2S/c1-10-8-12(9-20-2)13-14-16(22-17(13)18-10)15(21-19-14)11-6-4-3-5-7-11/h3-8H,9H2,1-2H3. The van der Waals surface area contributed by atoms with Crippen LogP contribution in [-0.2, 0) is 11.3 Å². The number of methoxy groups -OCH3 is 1. The first-order valence-electron chi connectivity index (χ1n) is 7.00. The van der Waals surface area contributed by atoms with Crippen molar-refractivity contribution >= 4 is 31.8 Å². The number of pyridine rings is 1.